The lowest BCUT2D eigenvalue weighted by molar-refractivity contribution is -0.129. The van der Waals surface area contributed by atoms with Gasteiger partial charge in [-0.3, -0.25) is 9.69 Å². The van der Waals surface area contributed by atoms with Crippen molar-refractivity contribution in [2.24, 2.45) is 0 Å². The highest BCUT2D eigenvalue weighted by Crippen LogP contribution is 2.31. The lowest BCUT2D eigenvalue weighted by atomic mass is 10.0. The summed E-state index contributed by atoms with van der Waals surface area (Å²) in [6, 6.07) is 10.7. The van der Waals surface area contributed by atoms with Gasteiger partial charge in [-0.2, -0.15) is 0 Å². The second-order valence-electron chi connectivity index (χ2n) is 7.70. The first-order valence-electron chi connectivity index (χ1n) is 9.85. The minimum Gasteiger partial charge on any atom is -0.350 e. The van der Waals surface area contributed by atoms with Gasteiger partial charge in [-0.05, 0) is 24.1 Å². The maximum Gasteiger partial charge on any atom is 0.224 e. The van der Waals surface area contributed by atoms with E-state index in [1.807, 2.05) is 11.0 Å². The Morgan fingerprint density at radius 1 is 1.18 bits per heavy atom. The Morgan fingerprint density at radius 3 is 2.68 bits per heavy atom. The molecule has 0 bridgehead atoms. The van der Waals surface area contributed by atoms with Crippen molar-refractivity contribution >= 4 is 23.3 Å². The SMILES string of the molecule is CC(=O)N1CCN(c2nc(Cl)nc3c2CN(Cc2ccccc2)CC3)C(C)C1. The lowest BCUT2D eigenvalue weighted by Crippen LogP contribution is -2.54. The summed E-state index contributed by atoms with van der Waals surface area (Å²) in [7, 11) is 0. The van der Waals surface area contributed by atoms with Gasteiger partial charge in [0, 0.05) is 64.2 Å². The number of rotatable bonds is 3. The number of hydrogen-bond acceptors (Lipinski definition) is 5. The standard InChI is InChI=1S/C21H26ClN5O/c1-15-12-26(16(2)28)10-11-27(15)20-18-14-25(13-17-6-4-3-5-7-17)9-8-19(18)23-21(22)24-20/h3-7,15H,8-14H2,1-2H3. The molecule has 1 atom stereocenters. The number of piperazine rings is 1. The van der Waals surface area contributed by atoms with Crippen molar-refractivity contribution in [1.82, 2.24) is 19.8 Å². The van der Waals surface area contributed by atoms with Crippen molar-refractivity contribution < 1.29 is 4.79 Å². The van der Waals surface area contributed by atoms with E-state index in [9.17, 15) is 4.79 Å². The van der Waals surface area contributed by atoms with Crippen LogP contribution in [0.5, 0.6) is 0 Å². The second-order valence-corrected chi connectivity index (χ2v) is 8.03. The molecule has 0 aliphatic carbocycles. The summed E-state index contributed by atoms with van der Waals surface area (Å²) in [5, 5.41) is 0.312. The van der Waals surface area contributed by atoms with E-state index < -0.39 is 0 Å². The molecule has 0 spiro atoms. The minimum atomic E-state index is 0.128. The highest BCUT2D eigenvalue weighted by molar-refractivity contribution is 6.28. The number of fused-ring (bicyclic) bond motifs is 1. The zero-order valence-corrected chi connectivity index (χ0v) is 17.2. The van der Waals surface area contributed by atoms with Crippen molar-refractivity contribution in [2.75, 3.05) is 31.1 Å². The summed E-state index contributed by atoms with van der Waals surface area (Å²) in [6.45, 7) is 8.65. The van der Waals surface area contributed by atoms with E-state index in [0.717, 1.165) is 44.1 Å². The van der Waals surface area contributed by atoms with Crippen LogP contribution < -0.4 is 4.90 Å². The minimum absolute atomic E-state index is 0.128. The molecule has 1 saturated heterocycles. The maximum atomic E-state index is 11.7. The quantitative estimate of drug-likeness (QED) is 0.743. The Labute approximate surface area is 171 Å². The van der Waals surface area contributed by atoms with Gasteiger partial charge in [0.05, 0.1) is 5.69 Å². The van der Waals surface area contributed by atoms with E-state index in [1.165, 1.54) is 11.1 Å². The predicted octanol–water partition coefficient (Wildman–Crippen LogP) is 2.75. The average molecular weight is 400 g/mol. The molecule has 7 heteroatoms. The van der Waals surface area contributed by atoms with Gasteiger partial charge in [-0.1, -0.05) is 30.3 Å². The number of aromatic nitrogens is 2. The zero-order valence-electron chi connectivity index (χ0n) is 16.4. The first-order valence-corrected chi connectivity index (χ1v) is 10.2. The number of carbonyl (C=O) groups is 1. The predicted molar refractivity (Wildman–Crippen MR) is 110 cm³/mol. The van der Waals surface area contributed by atoms with Crippen molar-refractivity contribution in [3.8, 4) is 0 Å². The summed E-state index contributed by atoms with van der Waals surface area (Å²) in [6.07, 6.45) is 0.874. The van der Waals surface area contributed by atoms with Crippen molar-refractivity contribution in [3.63, 3.8) is 0 Å². The van der Waals surface area contributed by atoms with E-state index in [-0.39, 0.29) is 11.9 Å². The smallest absolute Gasteiger partial charge is 0.224 e. The van der Waals surface area contributed by atoms with Crippen LogP contribution in [0.25, 0.3) is 0 Å². The van der Waals surface area contributed by atoms with E-state index in [2.05, 4.69) is 51.0 Å². The molecule has 0 saturated carbocycles. The van der Waals surface area contributed by atoms with Crippen LogP contribution in [0.15, 0.2) is 30.3 Å². The molecular weight excluding hydrogens is 374 g/mol. The average Bonchev–Trinajstić information content (AvgIpc) is 2.68. The number of halogens is 1. The first-order chi connectivity index (χ1) is 13.5. The van der Waals surface area contributed by atoms with Crippen molar-refractivity contribution in [1.29, 1.82) is 0 Å². The van der Waals surface area contributed by atoms with Crippen LogP contribution in [0, 0.1) is 0 Å². The molecule has 0 N–H and O–H groups in total. The van der Waals surface area contributed by atoms with E-state index >= 15 is 0 Å². The summed E-state index contributed by atoms with van der Waals surface area (Å²) in [5.41, 5.74) is 3.54. The molecule has 4 rings (SSSR count). The molecule has 2 aliphatic heterocycles. The summed E-state index contributed by atoms with van der Waals surface area (Å²) in [4.78, 5) is 27.5. The fraction of sp³-hybridized carbons (Fsp3) is 0.476. The van der Waals surface area contributed by atoms with Gasteiger partial charge in [0.15, 0.2) is 0 Å². The maximum absolute atomic E-state index is 11.7. The van der Waals surface area contributed by atoms with Crippen LogP contribution in [-0.2, 0) is 24.3 Å². The molecule has 2 aromatic rings. The Morgan fingerprint density at radius 2 is 1.96 bits per heavy atom. The number of carbonyl (C=O) groups excluding carboxylic acids is 1. The fourth-order valence-electron chi connectivity index (χ4n) is 4.20. The van der Waals surface area contributed by atoms with Crippen LogP contribution >= 0.6 is 11.6 Å². The van der Waals surface area contributed by atoms with E-state index in [1.54, 1.807) is 6.92 Å². The van der Waals surface area contributed by atoms with E-state index in [0.29, 0.717) is 18.4 Å². The topological polar surface area (TPSA) is 52.6 Å². The van der Waals surface area contributed by atoms with Crippen molar-refractivity contribution in [3.05, 3.63) is 52.4 Å². The number of hydrogen-bond donors (Lipinski definition) is 0. The van der Waals surface area contributed by atoms with Gasteiger partial charge >= 0.3 is 0 Å². The Bertz CT molecular complexity index is 859. The molecule has 1 unspecified atom stereocenters. The molecule has 1 amide bonds. The summed E-state index contributed by atoms with van der Waals surface area (Å²) >= 11 is 6.27. The van der Waals surface area contributed by atoms with Gasteiger partial charge in [0.25, 0.3) is 0 Å². The molecular formula is C21H26ClN5O. The Hall–Kier alpha value is -2.18. The molecule has 2 aliphatic rings. The van der Waals surface area contributed by atoms with Gasteiger partial charge in [0.2, 0.25) is 11.2 Å². The third-order valence-electron chi connectivity index (χ3n) is 5.68. The second kappa shape index (κ2) is 8.05. The van der Waals surface area contributed by atoms with Crippen LogP contribution in [0.3, 0.4) is 0 Å². The molecule has 6 nitrogen and oxygen atoms in total. The van der Waals surface area contributed by atoms with Gasteiger partial charge in [-0.15, -0.1) is 0 Å². The molecule has 0 radical (unpaired) electrons. The molecule has 3 heterocycles. The molecule has 1 aromatic carbocycles. The largest absolute Gasteiger partial charge is 0.350 e. The molecule has 28 heavy (non-hydrogen) atoms. The van der Waals surface area contributed by atoms with Gasteiger partial charge in [-0.25, -0.2) is 9.97 Å². The van der Waals surface area contributed by atoms with Crippen LogP contribution in [0.2, 0.25) is 5.28 Å². The normalized spacial score (nSPS) is 20.2. The van der Waals surface area contributed by atoms with Crippen LogP contribution in [-0.4, -0.2) is 57.9 Å². The van der Waals surface area contributed by atoms with Crippen LogP contribution in [0.1, 0.15) is 30.7 Å². The molecule has 1 aromatic heterocycles. The summed E-state index contributed by atoms with van der Waals surface area (Å²) < 4.78 is 0. The highest BCUT2D eigenvalue weighted by atomic mass is 35.5. The third kappa shape index (κ3) is 3.98. The highest BCUT2D eigenvalue weighted by Gasteiger charge is 2.31. The third-order valence-corrected chi connectivity index (χ3v) is 5.85. The number of anilines is 1. The van der Waals surface area contributed by atoms with E-state index in [4.69, 9.17) is 11.6 Å². The molecule has 148 valence electrons. The number of amides is 1. The van der Waals surface area contributed by atoms with Crippen molar-refractivity contribution in [2.45, 2.75) is 39.4 Å². The first kappa shape index (κ1) is 19.2. The summed E-state index contributed by atoms with van der Waals surface area (Å²) in [5.74, 6) is 1.06. The van der Waals surface area contributed by atoms with Crippen LogP contribution in [0.4, 0.5) is 5.82 Å². The number of benzene rings is 1. The molecule has 1 fully saturated rings. The zero-order chi connectivity index (χ0) is 19.7. The Kier molecular flexibility index (Phi) is 5.51. The number of nitrogens with zero attached hydrogens (tertiary/aromatic N) is 5. The Balaban J connectivity index is 1.58. The lowest BCUT2D eigenvalue weighted by Gasteiger charge is -2.42. The monoisotopic (exact) mass is 399 g/mol. The van der Waals surface area contributed by atoms with Gasteiger partial charge < -0.3 is 9.80 Å². The fourth-order valence-corrected chi connectivity index (χ4v) is 4.38. The van der Waals surface area contributed by atoms with Gasteiger partial charge in [0.1, 0.15) is 5.82 Å².